The molecule has 106 valence electrons. The van der Waals surface area contributed by atoms with Crippen molar-refractivity contribution in [1.82, 2.24) is 5.32 Å². The van der Waals surface area contributed by atoms with Crippen LogP contribution in [0.4, 0.5) is 0 Å². The van der Waals surface area contributed by atoms with Crippen LogP contribution in [0.1, 0.15) is 63.5 Å². The molecule has 1 aliphatic rings. The van der Waals surface area contributed by atoms with E-state index in [2.05, 4.69) is 50.4 Å². The number of benzene rings is 1. The van der Waals surface area contributed by atoms with Gasteiger partial charge in [-0.2, -0.15) is 0 Å². The van der Waals surface area contributed by atoms with Gasteiger partial charge in [-0.15, -0.1) is 0 Å². The standard InChI is InChI=1S/C18H29N/c1-4-15(5-2)14(3)19-13-17-11-8-10-16-9-6-7-12-18(16)17/h6-7,9,12,14-15,17,19H,4-5,8,10-11,13H2,1-3H3. The number of nitrogens with one attached hydrogen (secondary N) is 1. The molecule has 1 aromatic rings. The first kappa shape index (κ1) is 14.6. The lowest BCUT2D eigenvalue weighted by molar-refractivity contribution is 0.341. The maximum absolute atomic E-state index is 3.80. The highest BCUT2D eigenvalue weighted by atomic mass is 14.9. The fourth-order valence-corrected chi connectivity index (χ4v) is 3.56. The third kappa shape index (κ3) is 3.60. The molecule has 1 nitrogen and oxygen atoms in total. The van der Waals surface area contributed by atoms with Crippen LogP contribution in [-0.2, 0) is 6.42 Å². The van der Waals surface area contributed by atoms with Gasteiger partial charge in [-0.05, 0) is 49.1 Å². The van der Waals surface area contributed by atoms with Crippen LogP contribution in [0.25, 0.3) is 0 Å². The minimum atomic E-state index is 0.643. The molecule has 1 N–H and O–H groups in total. The number of fused-ring (bicyclic) bond motifs is 1. The average molecular weight is 259 g/mol. The van der Waals surface area contributed by atoms with Crippen molar-refractivity contribution in [2.75, 3.05) is 6.54 Å². The Bertz CT molecular complexity index is 381. The van der Waals surface area contributed by atoms with Gasteiger partial charge in [-0.3, -0.25) is 0 Å². The molecule has 0 radical (unpaired) electrons. The quantitative estimate of drug-likeness (QED) is 0.792. The van der Waals surface area contributed by atoms with Crippen LogP contribution in [0, 0.1) is 5.92 Å². The Morgan fingerprint density at radius 3 is 2.68 bits per heavy atom. The Balaban J connectivity index is 1.94. The summed E-state index contributed by atoms with van der Waals surface area (Å²) in [6, 6.07) is 9.67. The molecule has 0 saturated heterocycles. The van der Waals surface area contributed by atoms with E-state index < -0.39 is 0 Å². The highest BCUT2D eigenvalue weighted by molar-refractivity contribution is 5.32. The second-order valence-electron chi connectivity index (χ2n) is 6.06. The zero-order valence-electron chi connectivity index (χ0n) is 12.8. The molecular formula is C18H29N. The highest BCUT2D eigenvalue weighted by Crippen LogP contribution is 2.31. The average Bonchev–Trinajstić information content (AvgIpc) is 2.46. The third-order valence-corrected chi connectivity index (χ3v) is 4.94. The van der Waals surface area contributed by atoms with Crippen molar-refractivity contribution < 1.29 is 0 Å². The first-order chi connectivity index (χ1) is 9.26. The number of rotatable bonds is 6. The molecule has 2 rings (SSSR count). The third-order valence-electron chi connectivity index (χ3n) is 4.94. The first-order valence-electron chi connectivity index (χ1n) is 8.07. The normalized spacial score (nSPS) is 20.3. The maximum Gasteiger partial charge on any atom is 0.00670 e. The minimum Gasteiger partial charge on any atom is -0.313 e. The SMILES string of the molecule is CCC(CC)C(C)NCC1CCCc2ccccc21. The molecule has 19 heavy (non-hydrogen) atoms. The van der Waals surface area contributed by atoms with Crippen molar-refractivity contribution in [3.63, 3.8) is 0 Å². The van der Waals surface area contributed by atoms with Crippen LogP contribution in [0.2, 0.25) is 0 Å². The summed E-state index contributed by atoms with van der Waals surface area (Å²) >= 11 is 0. The van der Waals surface area contributed by atoms with Gasteiger partial charge >= 0.3 is 0 Å². The van der Waals surface area contributed by atoms with E-state index in [0.29, 0.717) is 6.04 Å². The van der Waals surface area contributed by atoms with Gasteiger partial charge in [0.1, 0.15) is 0 Å². The Hall–Kier alpha value is -0.820. The predicted molar refractivity (Wildman–Crippen MR) is 83.7 cm³/mol. The smallest absolute Gasteiger partial charge is 0.00670 e. The molecule has 0 spiro atoms. The molecule has 0 fully saturated rings. The second-order valence-corrected chi connectivity index (χ2v) is 6.06. The molecule has 0 heterocycles. The van der Waals surface area contributed by atoms with E-state index in [1.807, 2.05) is 0 Å². The lowest BCUT2D eigenvalue weighted by Gasteiger charge is -2.29. The summed E-state index contributed by atoms with van der Waals surface area (Å²) < 4.78 is 0. The van der Waals surface area contributed by atoms with Crippen LogP contribution in [0.5, 0.6) is 0 Å². The Kier molecular flexibility index (Phi) is 5.45. The number of aryl methyl sites for hydroxylation is 1. The van der Waals surface area contributed by atoms with E-state index in [1.54, 1.807) is 11.1 Å². The molecule has 0 saturated carbocycles. The second kappa shape index (κ2) is 7.09. The molecule has 2 unspecified atom stereocenters. The fourth-order valence-electron chi connectivity index (χ4n) is 3.56. The summed E-state index contributed by atoms with van der Waals surface area (Å²) in [5.74, 6) is 1.54. The summed E-state index contributed by atoms with van der Waals surface area (Å²) in [5, 5.41) is 3.80. The minimum absolute atomic E-state index is 0.643. The Morgan fingerprint density at radius 2 is 1.95 bits per heavy atom. The predicted octanol–water partition coefficient (Wildman–Crippen LogP) is 4.52. The highest BCUT2D eigenvalue weighted by Gasteiger charge is 2.21. The van der Waals surface area contributed by atoms with Gasteiger partial charge in [0.2, 0.25) is 0 Å². The van der Waals surface area contributed by atoms with Crippen molar-refractivity contribution in [2.45, 2.75) is 64.8 Å². The molecule has 1 aromatic carbocycles. The maximum atomic E-state index is 3.80. The Morgan fingerprint density at radius 1 is 1.21 bits per heavy atom. The van der Waals surface area contributed by atoms with Crippen LogP contribution < -0.4 is 5.32 Å². The van der Waals surface area contributed by atoms with Crippen LogP contribution in [0.3, 0.4) is 0 Å². The van der Waals surface area contributed by atoms with Gasteiger partial charge < -0.3 is 5.32 Å². The molecule has 1 heteroatoms. The van der Waals surface area contributed by atoms with E-state index in [1.165, 1.54) is 32.1 Å². The van der Waals surface area contributed by atoms with Crippen LogP contribution in [0.15, 0.2) is 24.3 Å². The topological polar surface area (TPSA) is 12.0 Å². The number of hydrogen-bond acceptors (Lipinski definition) is 1. The summed E-state index contributed by atoms with van der Waals surface area (Å²) in [5.41, 5.74) is 3.17. The molecule has 1 aliphatic carbocycles. The molecular weight excluding hydrogens is 230 g/mol. The molecule has 2 atom stereocenters. The van der Waals surface area contributed by atoms with E-state index in [-0.39, 0.29) is 0 Å². The monoisotopic (exact) mass is 259 g/mol. The van der Waals surface area contributed by atoms with Crippen LogP contribution >= 0.6 is 0 Å². The first-order valence-corrected chi connectivity index (χ1v) is 8.07. The van der Waals surface area contributed by atoms with E-state index >= 15 is 0 Å². The lowest BCUT2D eigenvalue weighted by Crippen LogP contribution is -2.36. The van der Waals surface area contributed by atoms with Crippen molar-refractivity contribution in [2.24, 2.45) is 5.92 Å². The van der Waals surface area contributed by atoms with Crippen molar-refractivity contribution in [3.05, 3.63) is 35.4 Å². The van der Waals surface area contributed by atoms with E-state index in [4.69, 9.17) is 0 Å². The largest absolute Gasteiger partial charge is 0.313 e. The van der Waals surface area contributed by atoms with Gasteiger partial charge in [0.15, 0.2) is 0 Å². The fraction of sp³-hybridized carbons (Fsp3) is 0.667. The van der Waals surface area contributed by atoms with Crippen molar-refractivity contribution in [3.8, 4) is 0 Å². The summed E-state index contributed by atoms with van der Waals surface area (Å²) in [4.78, 5) is 0. The van der Waals surface area contributed by atoms with Gasteiger partial charge in [-0.1, -0.05) is 51.0 Å². The molecule has 0 aliphatic heterocycles. The van der Waals surface area contributed by atoms with Gasteiger partial charge in [0.05, 0.1) is 0 Å². The molecule has 0 aromatic heterocycles. The Labute approximate surface area is 118 Å². The summed E-state index contributed by atoms with van der Waals surface area (Å²) in [7, 11) is 0. The van der Waals surface area contributed by atoms with Crippen molar-refractivity contribution in [1.29, 1.82) is 0 Å². The van der Waals surface area contributed by atoms with E-state index in [9.17, 15) is 0 Å². The zero-order chi connectivity index (χ0) is 13.7. The molecule has 0 bridgehead atoms. The zero-order valence-corrected chi connectivity index (χ0v) is 12.8. The summed E-state index contributed by atoms with van der Waals surface area (Å²) in [6.07, 6.45) is 6.54. The van der Waals surface area contributed by atoms with E-state index in [0.717, 1.165) is 18.4 Å². The summed E-state index contributed by atoms with van der Waals surface area (Å²) in [6.45, 7) is 8.12. The van der Waals surface area contributed by atoms with Crippen LogP contribution in [-0.4, -0.2) is 12.6 Å². The molecule has 0 amide bonds. The number of hydrogen-bond donors (Lipinski definition) is 1. The van der Waals surface area contributed by atoms with Crippen molar-refractivity contribution >= 4 is 0 Å². The lowest BCUT2D eigenvalue weighted by atomic mass is 9.82. The van der Waals surface area contributed by atoms with Gasteiger partial charge in [0, 0.05) is 12.6 Å². The van der Waals surface area contributed by atoms with Gasteiger partial charge in [-0.25, -0.2) is 0 Å². The van der Waals surface area contributed by atoms with Gasteiger partial charge in [0.25, 0.3) is 0 Å².